The van der Waals surface area contributed by atoms with E-state index in [1.54, 1.807) is 42.5 Å². The predicted molar refractivity (Wildman–Crippen MR) is 111 cm³/mol. The SMILES string of the molecule is N#Cc1ccccc1-c1nc2cccc(C(F)(F)F)c2c(=O)n1C(F)Cc1ccccc1. The molecule has 3 aromatic carbocycles. The quantitative estimate of drug-likeness (QED) is 0.387. The van der Waals surface area contributed by atoms with Gasteiger partial charge in [-0.05, 0) is 29.8 Å². The normalized spacial score (nSPS) is 12.5. The number of hydrogen-bond acceptors (Lipinski definition) is 3. The minimum absolute atomic E-state index is 0.117. The maximum Gasteiger partial charge on any atom is 0.417 e. The van der Waals surface area contributed by atoms with Crippen LogP contribution in [0.5, 0.6) is 0 Å². The molecule has 0 saturated heterocycles. The summed E-state index contributed by atoms with van der Waals surface area (Å²) < 4.78 is 57.0. The molecule has 0 saturated carbocycles. The third kappa shape index (κ3) is 3.85. The first-order valence-corrected chi connectivity index (χ1v) is 9.61. The van der Waals surface area contributed by atoms with Crippen LogP contribution in [0.3, 0.4) is 0 Å². The Kier molecular flexibility index (Phi) is 5.49. The van der Waals surface area contributed by atoms with Gasteiger partial charge in [-0.3, -0.25) is 9.36 Å². The molecule has 32 heavy (non-hydrogen) atoms. The van der Waals surface area contributed by atoms with Gasteiger partial charge in [0.25, 0.3) is 5.56 Å². The van der Waals surface area contributed by atoms with Crippen molar-refractivity contribution in [2.45, 2.75) is 18.9 Å². The molecule has 0 amide bonds. The lowest BCUT2D eigenvalue weighted by Crippen LogP contribution is -2.29. The number of fused-ring (bicyclic) bond motifs is 1. The van der Waals surface area contributed by atoms with Gasteiger partial charge in [-0.25, -0.2) is 9.37 Å². The van der Waals surface area contributed by atoms with Crippen LogP contribution in [0.15, 0.2) is 77.6 Å². The van der Waals surface area contributed by atoms with E-state index in [-0.39, 0.29) is 28.9 Å². The van der Waals surface area contributed by atoms with Crippen LogP contribution >= 0.6 is 0 Å². The molecule has 0 aliphatic heterocycles. The second-order valence-corrected chi connectivity index (χ2v) is 7.09. The standard InChI is InChI=1S/C24H15F4N3O/c25-20(13-15-7-2-1-3-8-15)31-22(17-10-5-4-9-16(17)14-29)30-19-12-6-11-18(24(26,27)28)21(19)23(31)32/h1-12,20H,13H2. The molecule has 160 valence electrons. The summed E-state index contributed by atoms with van der Waals surface area (Å²) in [6.45, 7) is 0. The maximum atomic E-state index is 15.6. The Morgan fingerprint density at radius 2 is 1.66 bits per heavy atom. The highest BCUT2D eigenvalue weighted by Crippen LogP contribution is 2.34. The van der Waals surface area contributed by atoms with Crippen molar-refractivity contribution in [3.05, 3.63) is 99.8 Å². The van der Waals surface area contributed by atoms with Crippen LogP contribution in [-0.4, -0.2) is 9.55 Å². The molecule has 1 unspecified atom stereocenters. The van der Waals surface area contributed by atoms with E-state index in [1.165, 1.54) is 18.2 Å². The lowest BCUT2D eigenvalue weighted by atomic mass is 10.0. The highest BCUT2D eigenvalue weighted by Gasteiger charge is 2.35. The smallest absolute Gasteiger partial charge is 0.268 e. The fourth-order valence-electron chi connectivity index (χ4n) is 3.60. The minimum atomic E-state index is -4.82. The van der Waals surface area contributed by atoms with E-state index in [0.29, 0.717) is 10.1 Å². The largest absolute Gasteiger partial charge is 0.417 e. The average molecular weight is 437 g/mol. The van der Waals surface area contributed by atoms with Gasteiger partial charge in [0.1, 0.15) is 5.82 Å². The Morgan fingerprint density at radius 3 is 2.34 bits per heavy atom. The molecular weight excluding hydrogens is 422 g/mol. The number of aromatic nitrogens is 2. The number of benzene rings is 3. The molecule has 0 N–H and O–H groups in total. The zero-order valence-corrected chi connectivity index (χ0v) is 16.5. The number of rotatable bonds is 4. The zero-order valence-electron chi connectivity index (χ0n) is 16.5. The van der Waals surface area contributed by atoms with Crippen molar-refractivity contribution in [3.8, 4) is 17.5 Å². The molecule has 1 heterocycles. The highest BCUT2D eigenvalue weighted by atomic mass is 19.4. The van der Waals surface area contributed by atoms with E-state index in [9.17, 15) is 23.2 Å². The van der Waals surface area contributed by atoms with Crippen molar-refractivity contribution in [1.29, 1.82) is 5.26 Å². The monoisotopic (exact) mass is 437 g/mol. The van der Waals surface area contributed by atoms with Gasteiger partial charge >= 0.3 is 6.18 Å². The van der Waals surface area contributed by atoms with Crippen molar-refractivity contribution in [2.24, 2.45) is 0 Å². The fourth-order valence-corrected chi connectivity index (χ4v) is 3.60. The van der Waals surface area contributed by atoms with Gasteiger partial charge in [0.15, 0.2) is 6.30 Å². The van der Waals surface area contributed by atoms with Gasteiger partial charge in [0, 0.05) is 12.0 Å². The van der Waals surface area contributed by atoms with Crippen LogP contribution in [0.4, 0.5) is 17.6 Å². The number of nitrogens with zero attached hydrogens (tertiary/aromatic N) is 3. The molecule has 4 nitrogen and oxygen atoms in total. The van der Waals surface area contributed by atoms with Crippen LogP contribution in [-0.2, 0) is 12.6 Å². The Hall–Kier alpha value is -3.99. The number of alkyl halides is 4. The third-order valence-electron chi connectivity index (χ3n) is 5.05. The maximum absolute atomic E-state index is 15.6. The fraction of sp³-hybridized carbons (Fsp3) is 0.125. The van der Waals surface area contributed by atoms with Crippen molar-refractivity contribution < 1.29 is 17.6 Å². The molecule has 0 bridgehead atoms. The molecule has 8 heteroatoms. The third-order valence-corrected chi connectivity index (χ3v) is 5.05. The van der Waals surface area contributed by atoms with Crippen molar-refractivity contribution >= 4 is 10.9 Å². The average Bonchev–Trinajstić information content (AvgIpc) is 2.78. The lowest BCUT2D eigenvalue weighted by molar-refractivity contribution is -0.136. The van der Waals surface area contributed by atoms with E-state index in [0.717, 1.165) is 12.1 Å². The minimum Gasteiger partial charge on any atom is -0.268 e. The second-order valence-electron chi connectivity index (χ2n) is 7.09. The highest BCUT2D eigenvalue weighted by molar-refractivity contribution is 5.84. The van der Waals surface area contributed by atoms with E-state index >= 15 is 4.39 Å². The Morgan fingerprint density at radius 1 is 0.969 bits per heavy atom. The summed E-state index contributed by atoms with van der Waals surface area (Å²) in [6, 6.07) is 19.7. The van der Waals surface area contributed by atoms with Crippen LogP contribution in [0.25, 0.3) is 22.3 Å². The number of hydrogen-bond donors (Lipinski definition) is 0. The molecule has 0 fully saturated rings. The second kappa shape index (κ2) is 8.27. The summed E-state index contributed by atoms with van der Waals surface area (Å²) in [5, 5.41) is 8.76. The van der Waals surface area contributed by atoms with Crippen molar-refractivity contribution in [3.63, 3.8) is 0 Å². The van der Waals surface area contributed by atoms with E-state index < -0.39 is 29.0 Å². The molecule has 1 aromatic heterocycles. The van der Waals surface area contributed by atoms with Gasteiger partial charge in [0.2, 0.25) is 0 Å². The topological polar surface area (TPSA) is 58.7 Å². The number of nitriles is 1. The molecule has 0 aliphatic rings. The van der Waals surface area contributed by atoms with Gasteiger partial charge < -0.3 is 0 Å². The molecule has 0 aliphatic carbocycles. The number of halogens is 4. The molecular formula is C24H15F4N3O. The molecule has 0 spiro atoms. The summed E-state index contributed by atoms with van der Waals surface area (Å²) >= 11 is 0. The van der Waals surface area contributed by atoms with E-state index in [2.05, 4.69) is 4.98 Å². The summed E-state index contributed by atoms with van der Waals surface area (Å²) in [7, 11) is 0. The first-order valence-electron chi connectivity index (χ1n) is 9.61. The van der Waals surface area contributed by atoms with Gasteiger partial charge in [-0.15, -0.1) is 0 Å². The summed E-state index contributed by atoms with van der Waals surface area (Å²) in [4.78, 5) is 17.5. The Bertz CT molecular complexity index is 1390. The first-order chi connectivity index (χ1) is 15.3. The summed E-state index contributed by atoms with van der Waals surface area (Å²) in [6.07, 6.45) is -7.09. The Labute approximate surface area is 180 Å². The Balaban J connectivity index is 2.05. The van der Waals surface area contributed by atoms with E-state index in [1.807, 2.05) is 6.07 Å². The lowest BCUT2D eigenvalue weighted by Gasteiger charge is -2.19. The van der Waals surface area contributed by atoms with Gasteiger partial charge in [-0.1, -0.05) is 48.5 Å². The van der Waals surface area contributed by atoms with Crippen LogP contribution in [0.2, 0.25) is 0 Å². The van der Waals surface area contributed by atoms with E-state index in [4.69, 9.17) is 0 Å². The predicted octanol–water partition coefficient (Wildman–Crippen LogP) is 5.66. The molecule has 4 aromatic rings. The first kappa shape index (κ1) is 21.2. The van der Waals surface area contributed by atoms with Crippen molar-refractivity contribution in [1.82, 2.24) is 9.55 Å². The van der Waals surface area contributed by atoms with Crippen LogP contribution < -0.4 is 5.56 Å². The summed E-state index contributed by atoms with van der Waals surface area (Å²) in [5.74, 6) is -0.206. The summed E-state index contributed by atoms with van der Waals surface area (Å²) in [5.41, 5.74) is -1.75. The van der Waals surface area contributed by atoms with Crippen LogP contribution in [0.1, 0.15) is 23.0 Å². The van der Waals surface area contributed by atoms with Gasteiger partial charge in [-0.2, -0.15) is 18.4 Å². The van der Waals surface area contributed by atoms with Crippen LogP contribution in [0, 0.1) is 11.3 Å². The van der Waals surface area contributed by atoms with Gasteiger partial charge in [0.05, 0.1) is 28.1 Å². The zero-order chi connectivity index (χ0) is 22.9. The van der Waals surface area contributed by atoms with Crippen molar-refractivity contribution in [2.75, 3.05) is 0 Å². The molecule has 1 atom stereocenters. The molecule has 4 rings (SSSR count). The molecule has 0 radical (unpaired) electrons.